The second-order valence-electron chi connectivity index (χ2n) is 2.93. The molecule has 0 fully saturated rings. The Morgan fingerprint density at radius 2 is 2.25 bits per heavy atom. The van der Waals surface area contributed by atoms with Gasteiger partial charge in [0.05, 0.1) is 17.8 Å². The molecule has 7 heteroatoms. The van der Waals surface area contributed by atoms with E-state index in [2.05, 4.69) is 32.1 Å². The van der Waals surface area contributed by atoms with Gasteiger partial charge >= 0.3 is 5.97 Å². The van der Waals surface area contributed by atoms with Crippen molar-refractivity contribution in [3.63, 3.8) is 0 Å². The fourth-order valence-corrected chi connectivity index (χ4v) is 2.80. The Balaban J connectivity index is 2.48. The molecule has 1 atom stereocenters. The van der Waals surface area contributed by atoms with Crippen LogP contribution in [0.25, 0.3) is 11.4 Å². The van der Waals surface area contributed by atoms with E-state index in [1.807, 2.05) is 6.07 Å². The maximum absolute atomic E-state index is 10.8. The molecule has 0 aliphatic carbocycles. The molecule has 2 heterocycles. The van der Waals surface area contributed by atoms with E-state index < -0.39 is 5.97 Å². The number of carbonyl (C=O) groups is 1. The van der Waals surface area contributed by atoms with Crippen LogP contribution in [0.1, 0.15) is 10.5 Å². The molecule has 82 valence electrons. The van der Waals surface area contributed by atoms with Gasteiger partial charge in [-0.3, -0.25) is 0 Å². The van der Waals surface area contributed by atoms with Crippen molar-refractivity contribution in [2.45, 2.75) is 0 Å². The van der Waals surface area contributed by atoms with E-state index in [1.54, 1.807) is 22.8 Å². The Labute approximate surface area is 106 Å². The van der Waals surface area contributed by atoms with Gasteiger partial charge in [0.1, 0.15) is 5.69 Å². The summed E-state index contributed by atoms with van der Waals surface area (Å²) in [5.41, 5.74) is 1.50. The van der Waals surface area contributed by atoms with E-state index in [1.165, 1.54) is 6.07 Å². The average molecular weight is 347 g/mol. The third-order valence-electron chi connectivity index (χ3n) is 1.95. The number of aromatic nitrogens is 3. The molecule has 0 bridgehead atoms. The lowest BCUT2D eigenvalue weighted by Gasteiger charge is -2.03. The maximum Gasteiger partial charge on any atom is 0.354 e. The highest BCUT2D eigenvalue weighted by Crippen LogP contribution is 2.29. The first kappa shape index (κ1) is 11.5. The summed E-state index contributed by atoms with van der Waals surface area (Å²) in [7, 11) is 0. The predicted octanol–water partition coefficient (Wildman–Crippen LogP) is 2.43. The molecule has 16 heavy (non-hydrogen) atoms. The van der Waals surface area contributed by atoms with Crippen molar-refractivity contribution in [2.24, 2.45) is 0 Å². The van der Waals surface area contributed by atoms with Gasteiger partial charge in [-0.1, -0.05) is 6.07 Å². The van der Waals surface area contributed by atoms with Crippen molar-refractivity contribution < 1.29 is 9.90 Å². The zero-order chi connectivity index (χ0) is 11.5. The van der Waals surface area contributed by atoms with Gasteiger partial charge in [0.25, 0.3) is 0 Å². The Morgan fingerprint density at radius 1 is 1.44 bits per heavy atom. The second kappa shape index (κ2) is 4.88. The van der Waals surface area contributed by atoms with Crippen LogP contribution in [0.4, 0.5) is 0 Å². The summed E-state index contributed by atoms with van der Waals surface area (Å²) in [5, 5.41) is 13.0. The standard InChI is InChI=1S/C9H7IN3O2P/c10-16-13-8(4-5-11-13)6-2-1-3-7(12-6)9(14)15/h1-5,16H,(H,14,15). The molecule has 0 amide bonds. The highest BCUT2D eigenvalue weighted by Gasteiger charge is 2.09. The van der Waals surface area contributed by atoms with Crippen LogP contribution in [0.15, 0.2) is 30.5 Å². The lowest BCUT2D eigenvalue weighted by molar-refractivity contribution is 0.0690. The minimum Gasteiger partial charge on any atom is -0.477 e. The maximum atomic E-state index is 10.8. The summed E-state index contributed by atoms with van der Waals surface area (Å²) < 4.78 is 1.79. The molecule has 2 aromatic heterocycles. The molecule has 0 aliphatic rings. The summed E-state index contributed by atoms with van der Waals surface area (Å²) in [5.74, 6) is -1.02. The van der Waals surface area contributed by atoms with Crippen molar-refractivity contribution in [1.82, 2.24) is 14.5 Å². The highest BCUT2D eigenvalue weighted by molar-refractivity contribution is 14.2. The van der Waals surface area contributed by atoms with Gasteiger partial charge < -0.3 is 5.11 Å². The van der Waals surface area contributed by atoms with Crippen molar-refractivity contribution in [3.05, 3.63) is 36.2 Å². The molecule has 2 rings (SSSR count). The number of hydrogen-bond acceptors (Lipinski definition) is 3. The van der Waals surface area contributed by atoms with Crippen molar-refractivity contribution in [3.8, 4) is 11.4 Å². The largest absolute Gasteiger partial charge is 0.477 e. The van der Waals surface area contributed by atoms with Crippen LogP contribution in [-0.4, -0.2) is 25.6 Å². The predicted molar refractivity (Wildman–Crippen MR) is 70.2 cm³/mol. The number of hydrogen-bond donors (Lipinski definition) is 1. The number of aromatic carboxylic acids is 1. The zero-order valence-corrected chi connectivity index (χ0v) is 11.1. The summed E-state index contributed by atoms with van der Waals surface area (Å²) in [4.78, 5) is 14.9. The quantitative estimate of drug-likeness (QED) is 0.684. The molecular weight excluding hydrogens is 340 g/mol. The molecule has 0 spiro atoms. The van der Waals surface area contributed by atoms with E-state index in [4.69, 9.17) is 5.11 Å². The Hall–Kier alpha value is -1.01. The fraction of sp³-hybridized carbons (Fsp3) is 0. The number of nitrogens with zero attached hydrogens (tertiary/aromatic N) is 3. The van der Waals surface area contributed by atoms with Crippen LogP contribution < -0.4 is 0 Å². The number of pyridine rings is 1. The molecule has 0 radical (unpaired) electrons. The molecule has 0 saturated carbocycles. The van der Waals surface area contributed by atoms with Crippen LogP contribution in [0.3, 0.4) is 0 Å². The first-order valence-electron chi connectivity index (χ1n) is 4.34. The summed E-state index contributed by atoms with van der Waals surface area (Å²) in [6.45, 7) is 0. The van der Waals surface area contributed by atoms with Gasteiger partial charge in [0.2, 0.25) is 0 Å². The van der Waals surface area contributed by atoms with Gasteiger partial charge in [0.15, 0.2) is 0 Å². The molecular formula is C9H7IN3O2P. The molecule has 0 saturated heterocycles. The highest BCUT2D eigenvalue weighted by atomic mass is 127. The van der Waals surface area contributed by atoms with Crippen molar-refractivity contribution >= 4 is 34.4 Å². The molecule has 1 unspecified atom stereocenters. The van der Waals surface area contributed by atoms with E-state index in [9.17, 15) is 4.79 Å². The smallest absolute Gasteiger partial charge is 0.354 e. The van der Waals surface area contributed by atoms with Gasteiger partial charge in [-0.15, -0.1) is 0 Å². The topological polar surface area (TPSA) is 68.0 Å². The van der Waals surface area contributed by atoms with Crippen LogP contribution >= 0.6 is 28.4 Å². The minimum atomic E-state index is -1.02. The number of carboxylic acids is 1. The van der Waals surface area contributed by atoms with E-state index >= 15 is 0 Å². The van der Waals surface area contributed by atoms with Gasteiger partial charge in [-0.05, 0) is 40.2 Å². The summed E-state index contributed by atoms with van der Waals surface area (Å²) in [6, 6.07) is 6.74. The average Bonchev–Trinajstić information content (AvgIpc) is 2.77. The monoisotopic (exact) mass is 347 g/mol. The van der Waals surface area contributed by atoms with E-state index in [0.717, 1.165) is 5.69 Å². The van der Waals surface area contributed by atoms with Crippen LogP contribution in [0, 0.1) is 0 Å². The first-order chi connectivity index (χ1) is 7.72. The fourth-order valence-electron chi connectivity index (χ4n) is 1.26. The number of carboxylic acid groups (broad SMARTS) is 1. The van der Waals surface area contributed by atoms with Gasteiger partial charge in [0, 0.05) is 6.20 Å². The van der Waals surface area contributed by atoms with Gasteiger partial charge in [-0.25, -0.2) is 14.2 Å². The number of rotatable bonds is 3. The van der Waals surface area contributed by atoms with Crippen molar-refractivity contribution in [1.29, 1.82) is 0 Å². The summed E-state index contributed by atoms with van der Waals surface area (Å²) in [6.07, 6.45) is 2.13. The third-order valence-corrected chi connectivity index (χ3v) is 3.84. The normalized spacial score (nSPS) is 11.1. The SMILES string of the molecule is O=C(O)c1cccc(-c2ccnn2PI)n1. The van der Waals surface area contributed by atoms with Crippen LogP contribution in [0.2, 0.25) is 0 Å². The Kier molecular flexibility index (Phi) is 3.50. The molecule has 2 aromatic rings. The zero-order valence-electron chi connectivity index (χ0n) is 7.96. The van der Waals surface area contributed by atoms with Crippen molar-refractivity contribution in [2.75, 3.05) is 0 Å². The van der Waals surface area contributed by atoms with Crippen LogP contribution in [-0.2, 0) is 0 Å². The lowest BCUT2D eigenvalue weighted by atomic mass is 10.2. The van der Waals surface area contributed by atoms with E-state index in [0.29, 0.717) is 12.1 Å². The minimum absolute atomic E-state index is 0.0436. The van der Waals surface area contributed by atoms with E-state index in [-0.39, 0.29) is 5.69 Å². The summed E-state index contributed by atoms with van der Waals surface area (Å²) >= 11 is 2.21. The lowest BCUT2D eigenvalue weighted by Crippen LogP contribution is -2.01. The second-order valence-corrected chi connectivity index (χ2v) is 4.97. The van der Waals surface area contributed by atoms with Crippen LogP contribution in [0.5, 0.6) is 0 Å². The number of halogens is 1. The third kappa shape index (κ3) is 2.22. The first-order valence-corrected chi connectivity index (χ1v) is 8.40. The Bertz CT molecular complexity index is 529. The molecule has 5 nitrogen and oxygen atoms in total. The Morgan fingerprint density at radius 3 is 2.94 bits per heavy atom. The molecule has 0 aromatic carbocycles. The molecule has 1 N–H and O–H groups in total. The van der Waals surface area contributed by atoms with Gasteiger partial charge in [-0.2, -0.15) is 5.10 Å². The molecule has 0 aliphatic heterocycles.